The Morgan fingerprint density at radius 2 is 1.80 bits per heavy atom. The van der Waals surface area contributed by atoms with Gasteiger partial charge in [0.25, 0.3) is 0 Å². The zero-order valence-electron chi connectivity index (χ0n) is 5.49. The summed E-state index contributed by atoms with van der Waals surface area (Å²) in [4.78, 5) is 0. The molecule has 0 aliphatic heterocycles. The Morgan fingerprint density at radius 3 is 2.10 bits per heavy atom. The molecule has 0 aliphatic rings. The zero-order chi connectivity index (χ0) is 8.41. The molecular formula is C5H10Br3OZr. The van der Waals surface area contributed by atoms with Gasteiger partial charge in [-0.3, -0.25) is 0 Å². The molecule has 1 atom stereocenters. The maximum atomic E-state index is 8.68. The molecule has 0 radical (unpaired) electrons. The van der Waals surface area contributed by atoms with E-state index in [0.29, 0.717) is 0 Å². The summed E-state index contributed by atoms with van der Waals surface area (Å²) < 4.78 is 0. The molecule has 0 heterocycles. The van der Waals surface area contributed by atoms with E-state index in [1.807, 2.05) is 0 Å². The Bertz CT molecular complexity index is 54.2. The average molecular weight is 417 g/mol. The van der Waals surface area contributed by atoms with Crippen LogP contribution in [0.1, 0.15) is 19.3 Å². The van der Waals surface area contributed by atoms with Crippen LogP contribution in [0.3, 0.4) is 0 Å². The van der Waals surface area contributed by atoms with E-state index in [9.17, 15) is 0 Å². The Hall–Kier alpha value is 2.28. The van der Waals surface area contributed by atoms with Crippen LogP contribution in [-0.4, -0.2) is 15.4 Å². The van der Waals surface area contributed by atoms with Gasteiger partial charge in [0.05, 0.1) is 0 Å². The predicted octanol–water partition coefficient (Wildman–Crippen LogP) is 3.11. The van der Waals surface area contributed by atoms with Gasteiger partial charge in [0.1, 0.15) is 5.01 Å². The molecule has 0 saturated carbocycles. The number of aliphatic hydroxyl groups is 1. The van der Waals surface area contributed by atoms with Gasteiger partial charge in [-0.05, 0) is 19.3 Å². The third-order valence-electron chi connectivity index (χ3n) is 0.826. The van der Waals surface area contributed by atoms with Gasteiger partial charge in [-0.1, -0.05) is 31.9 Å². The molecule has 1 nitrogen and oxygen atoms in total. The topological polar surface area (TPSA) is 20.2 Å². The molecule has 0 aliphatic carbocycles. The summed E-state index contributed by atoms with van der Waals surface area (Å²) in [7, 11) is 0. The van der Waals surface area contributed by atoms with Crippen molar-refractivity contribution in [3.8, 4) is 0 Å². The molecule has 0 aromatic rings. The van der Waals surface area contributed by atoms with Crippen molar-refractivity contribution in [2.75, 3.05) is 5.33 Å². The summed E-state index contributed by atoms with van der Waals surface area (Å²) in [5, 5.41) is 9.41. The average Bonchev–Trinajstić information content (AvgIpc) is 1.92. The van der Waals surface area contributed by atoms with Gasteiger partial charge in [0.15, 0.2) is 0 Å². The van der Waals surface area contributed by atoms with Gasteiger partial charge in [0.2, 0.25) is 0 Å². The van der Waals surface area contributed by atoms with E-state index in [1.165, 1.54) is 22.4 Å². The number of unbranched alkanes of at least 4 members (excludes halogenated alkanes) is 1. The molecule has 0 aromatic carbocycles. The summed E-state index contributed by atoms with van der Waals surface area (Å²) >= 11 is 10.7. The molecule has 10 heavy (non-hydrogen) atoms. The molecule has 1 N–H and O–H groups in total. The van der Waals surface area contributed by atoms with E-state index in [2.05, 4.69) is 44.1 Å². The fourth-order valence-corrected chi connectivity index (χ4v) is 1.13. The molecule has 61 valence electrons. The Kier molecular flexibility index (Phi) is 20.5. The van der Waals surface area contributed by atoms with E-state index >= 15 is 0 Å². The van der Waals surface area contributed by atoms with Crippen molar-refractivity contribution in [2.24, 2.45) is 0 Å². The van der Waals surface area contributed by atoms with Gasteiger partial charge in [-0.25, -0.2) is 0 Å². The fraction of sp³-hybridized carbons (Fsp3) is 1.00. The molecule has 0 fully saturated rings. The molecule has 0 rings (SSSR count). The summed E-state index contributed by atoms with van der Waals surface area (Å²) in [6.45, 7) is 0. The first-order valence-corrected chi connectivity index (χ1v) is 10.5. The van der Waals surface area contributed by atoms with Gasteiger partial charge < -0.3 is 5.11 Å². The quantitative estimate of drug-likeness (QED) is 0.551. The van der Waals surface area contributed by atoms with E-state index in [4.69, 9.17) is 5.11 Å². The molecule has 0 saturated heterocycles. The number of hydrogen-bond donors (Lipinski definition) is 1. The maximum absolute atomic E-state index is 8.68. The summed E-state index contributed by atoms with van der Waals surface area (Å²) in [5.74, 6) is 0. The van der Waals surface area contributed by atoms with Gasteiger partial charge in [0, 0.05) is 5.33 Å². The summed E-state index contributed by atoms with van der Waals surface area (Å²) in [6, 6.07) is 0. The molecular weight excluding hydrogens is 407 g/mol. The zero-order valence-corrected chi connectivity index (χ0v) is 12.7. The van der Waals surface area contributed by atoms with Gasteiger partial charge in [-0.15, -0.1) is 0 Å². The van der Waals surface area contributed by atoms with Crippen LogP contribution >= 0.6 is 44.1 Å². The molecule has 5 heteroatoms. The van der Waals surface area contributed by atoms with Crippen LogP contribution in [0.25, 0.3) is 0 Å². The normalized spacial score (nSPS) is 11.5. The third kappa shape index (κ3) is 16.7. The Labute approximate surface area is 99.9 Å². The summed E-state index contributed by atoms with van der Waals surface area (Å²) in [6.07, 6.45) is 3.08. The van der Waals surface area contributed by atoms with Crippen LogP contribution in [0.4, 0.5) is 0 Å². The van der Waals surface area contributed by atoms with Crippen molar-refractivity contribution in [3.05, 3.63) is 0 Å². The van der Waals surface area contributed by atoms with E-state index < -0.39 is 0 Å². The third-order valence-corrected chi connectivity index (χ3v) is 1.84. The summed E-state index contributed by atoms with van der Waals surface area (Å²) in [5.41, 5.74) is 0. The monoisotopic (exact) mass is 413 g/mol. The first kappa shape index (κ1) is 14.8. The van der Waals surface area contributed by atoms with Crippen molar-refractivity contribution in [1.29, 1.82) is 0 Å². The van der Waals surface area contributed by atoms with Gasteiger partial charge in [-0.2, -0.15) is 0 Å². The van der Waals surface area contributed by atoms with E-state index in [-0.39, 0.29) is 5.01 Å². The molecule has 0 bridgehead atoms. The predicted molar refractivity (Wildman–Crippen MR) is 51.5 cm³/mol. The SMILES string of the molecule is OC(Br)CCCCBr.[Br][Zr]. The number of alkyl halides is 2. The minimum absolute atomic E-state index is 0.304. The Morgan fingerprint density at radius 1 is 1.30 bits per heavy atom. The second-order valence-corrected chi connectivity index (χ2v) is 3.47. The van der Waals surface area contributed by atoms with Crippen LogP contribution in [0.5, 0.6) is 0 Å². The number of aliphatic hydroxyl groups excluding tert-OH is 1. The van der Waals surface area contributed by atoms with Crippen LogP contribution in [0.15, 0.2) is 0 Å². The fourth-order valence-electron chi connectivity index (χ4n) is 0.407. The van der Waals surface area contributed by atoms with Crippen LogP contribution in [0, 0.1) is 0 Å². The van der Waals surface area contributed by atoms with E-state index in [0.717, 1.165) is 24.6 Å². The van der Waals surface area contributed by atoms with Crippen LogP contribution in [0.2, 0.25) is 0 Å². The second-order valence-electron chi connectivity index (χ2n) is 1.62. The molecule has 0 spiro atoms. The Balaban J connectivity index is 0. The van der Waals surface area contributed by atoms with Crippen molar-refractivity contribution in [3.63, 3.8) is 0 Å². The molecule has 0 aromatic heterocycles. The van der Waals surface area contributed by atoms with Crippen LogP contribution in [-0.2, 0) is 22.4 Å². The molecule has 0 amide bonds. The first-order valence-electron chi connectivity index (χ1n) is 2.84. The molecule has 1 unspecified atom stereocenters. The standard InChI is InChI=1S/C5H10Br2O.BrH.Zr/c6-4-2-1-3-5(7)8;;/h5,8H,1-4H2;1H;/q;;+1/p-1. The first-order chi connectivity index (χ1) is 4.77. The number of hydrogen-bond acceptors (Lipinski definition) is 1. The van der Waals surface area contributed by atoms with Crippen molar-refractivity contribution >= 4 is 44.1 Å². The van der Waals surface area contributed by atoms with Crippen LogP contribution < -0.4 is 0 Å². The van der Waals surface area contributed by atoms with Gasteiger partial charge >= 0.3 is 34.6 Å². The van der Waals surface area contributed by atoms with Crippen molar-refractivity contribution in [1.82, 2.24) is 0 Å². The van der Waals surface area contributed by atoms with E-state index in [1.54, 1.807) is 0 Å². The minimum atomic E-state index is -0.304. The van der Waals surface area contributed by atoms with Crippen molar-refractivity contribution in [2.45, 2.75) is 24.3 Å². The number of rotatable bonds is 4. The number of halogens is 3. The van der Waals surface area contributed by atoms with Crippen molar-refractivity contribution < 1.29 is 27.5 Å². The second kappa shape index (κ2) is 13.8.